The molecular formula is C23H20F2N4O4. The molecule has 0 saturated heterocycles. The van der Waals surface area contributed by atoms with Crippen LogP contribution in [0.2, 0.25) is 0 Å². The lowest BCUT2D eigenvalue weighted by Crippen LogP contribution is -2.07. The van der Waals surface area contributed by atoms with E-state index in [4.69, 9.17) is 14.6 Å². The monoisotopic (exact) mass is 454 g/mol. The maximum atomic E-state index is 13.9. The van der Waals surface area contributed by atoms with Crippen molar-refractivity contribution in [2.24, 2.45) is 0 Å². The first-order chi connectivity index (χ1) is 16.1. The molecule has 2 N–H and O–H groups in total. The SMILES string of the molecule is OC/C=C(\F)COc1cc(F)ccc1-n1ncc2c(OCc3ccccc3)nc(CO)nc21. The van der Waals surface area contributed by atoms with Gasteiger partial charge in [0, 0.05) is 6.07 Å². The summed E-state index contributed by atoms with van der Waals surface area (Å²) in [6.45, 7) is -1.18. The van der Waals surface area contributed by atoms with Gasteiger partial charge in [0.2, 0.25) is 5.88 Å². The van der Waals surface area contributed by atoms with Crippen molar-refractivity contribution in [1.82, 2.24) is 19.7 Å². The van der Waals surface area contributed by atoms with Crippen LogP contribution < -0.4 is 9.47 Å². The number of aromatic nitrogens is 4. The third-order valence-electron chi connectivity index (χ3n) is 4.63. The van der Waals surface area contributed by atoms with E-state index in [-0.39, 0.29) is 24.1 Å². The molecule has 2 aromatic carbocycles. The molecule has 0 aliphatic carbocycles. The molecule has 0 spiro atoms. The summed E-state index contributed by atoms with van der Waals surface area (Å²) in [4.78, 5) is 8.57. The zero-order chi connectivity index (χ0) is 23.2. The molecule has 0 aliphatic heterocycles. The molecule has 0 fully saturated rings. The van der Waals surface area contributed by atoms with Crippen molar-refractivity contribution in [3.8, 4) is 17.3 Å². The lowest BCUT2D eigenvalue weighted by atomic mass is 10.2. The molecule has 2 heterocycles. The molecule has 2 aromatic heterocycles. The molecule has 0 unspecified atom stereocenters. The van der Waals surface area contributed by atoms with Gasteiger partial charge in [0.15, 0.2) is 11.5 Å². The number of hydrogen-bond acceptors (Lipinski definition) is 7. The van der Waals surface area contributed by atoms with Crippen molar-refractivity contribution in [2.75, 3.05) is 13.2 Å². The Morgan fingerprint density at radius 2 is 1.88 bits per heavy atom. The summed E-state index contributed by atoms with van der Waals surface area (Å²) in [5, 5.41) is 23.2. The van der Waals surface area contributed by atoms with E-state index < -0.39 is 31.5 Å². The Bertz CT molecular complexity index is 1280. The summed E-state index contributed by atoms with van der Waals surface area (Å²) in [5.74, 6) is -0.958. The Morgan fingerprint density at radius 3 is 2.64 bits per heavy atom. The average Bonchev–Trinajstić information content (AvgIpc) is 3.26. The van der Waals surface area contributed by atoms with Crippen LogP contribution in [0.4, 0.5) is 8.78 Å². The minimum atomic E-state index is -0.709. The van der Waals surface area contributed by atoms with Gasteiger partial charge in [-0.15, -0.1) is 0 Å². The summed E-state index contributed by atoms with van der Waals surface area (Å²) >= 11 is 0. The number of aliphatic hydroxyl groups is 2. The molecule has 0 bridgehead atoms. The van der Waals surface area contributed by atoms with Gasteiger partial charge in [-0.2, -0.15) is 10.1 Å². The van der Waals surface area contributed by atoms with Crippen LogP contribution in [0.5, 0.6) is 11.6 Å². The minimum Gasteiger partial charge on any atom is -0.484 e. The fourth-order valence-corrected chi connectivity index (χ4v) is 3.09. The highest BCUT2D eigenvalue weighted by molar-refractivity contribution is 5.82. The van der Waals surface area contributed by atoms with E-state index in [1.54, 1.807) is 0 Å². The number of halogens is 2. The summed E-state index contributed by atoms with van der Waals surface area (Å²) < 4.78 is 40.2. The molecule has 0 amide bonds. The second-order valence-corrected chi connectivity index (χ2v) is 6.91. The summed E-state index contributed by atoms with van der Waals surface area (Å²) in [5.41, 5.74) is 1.51. The summed E-state index contributed by atoms with van der Waals surface area (Å²) in [6.07, 6.45) is 2.43. The van der Waals surface area contributed by atoms with Gasteiger partial charge >= 0.3 is 0 Å². The Hall–Kier alpha value is -3.89. The lowest BCUT2D eigenvalue weighted by Gasteiger charge is -2.12. The highest BCUT2D eigenvalue weighted by Crippen LogP contribution is 2.30. The largest absolute Gasteiger partial charge is 0.484 e. The summed E-state index contributed by atoms with van der Waals surface area (Å²) in [7, 11) is 0. The van der Waals surface area contributed by atoms with Crippen LogP contribution >= 0.6 is 0 Å². The van der Waals surface area contributed by atoms with E-state index in [2.05, 4.69) is 15.1 Å². The molecule has 4 aromatic rings. The predicted octanol–water partition coefficient (Wildman–Crippen LogP) is 3.25. The van der Waals surface area contributed by atoms with E-state index >= 15 is 0 Å². The smallest absolute Gasteiger partial charge is 0.228 e. The molecule has 0 saturated carbocycles. The zero-order valence-electron chi connectivity index (χ0n) is 17.4. The van der Waals surface area contributed by atoms with E-state index in [9.17, 15) is 13.9 Å². The Morgan fingerprint density at radius 1 is 1.06 bits per heavy atom. The van der Waals surface area contributed by atoms with Crippen LogP contribution in [-0.2, 0) is 13.2 Å². The highest BCUT2D eigenvalue weighted by Gasteiger charge is 2.18. The molecule has 0 atom stereocenters. The van der Waals surface area contributed by atoms with Gasteiger partial charge in [0.05, 0.1) is 12.8 Å². The van der Waals surface area contributed by atoms with Gasteiger partial charge in [-0.05, 0) is 23.8 Å². The second-order valence-electron chi connectivity index (χ2n) is 6.91. The highest BCUT2D eigenvalue weighted by atomic mass is 19.1. The number of nitrogens with zero attached hydrogens (tertiary/aromatic N) is 4. The Labute approximate surface area is 187 Å². The molecule has 4 rings (SSSR count). The first-order valence-corrected chi connectivity index (χ1v) is 9.99. The van der Waals surface area contributed by atoms with Crippen molar-refractivity contribution in [2.45, 2.75) is 13.2 Å². The van der Waals surface area contributed by atoms with Gasteiger partial charge in [0.25, 0.3) is 0 Å². The lowest BCUT2D eigenvalue weighted by molar-refractivity contribution is 0.262. The molecule has 0 aliphatic rings. The van der Waals surface area contributed by atoms with E-state index in [1.807, 2.05) is 30.3 Å². The van der Waals surface area contributed by atoms with Crippen molar-refractivity contribution in [3.05, 3.63) is 83.8 Å². The van der Waals surface area contributed by atoms with E-state index in [0.29, 0.717) is 16.7 Å². The van der Waals surface area contributed by atoms with Crippen LogP contribution in [-0.4, -0.2) is 43.2 Å². The van der Waals surface area contributed by atoms with E-state index in [1.165, 1.54) is 23.0 Å². The number of rotatable bonds is 9. The van der Waals surface area contributed by atoms with Gasteiger partial charge in [-0.25, -0.2) is 18.4 Å². The van der Waals surface area contributed by atoms with Crippen LogP contribution in [0.15, 0.2) is 66.6 Å². The fourth-order valence-electron chi connectivity index (χ4n) is 3.09. The Balaban J connectivity index is 1.72. The quantitative estimate of drug-likeness (QED) is 0.400. The molecule has 10 heteroatoms. The Kier molecular flexibility index (Phi) is 6.86. The minimum absolute atomic E-state index is 0.0115. The molecule has 8 nitrogen and oxygen atoms in total. The van der Waals surface area contributed by atoms with Crippen molar-refractivity contribution < 1.29 is 28.5 Å². The maximum absolute atomic E-state index is 13.9. The number of hydrogen-bond donors (Lipinski definition) is 2. The number of ether oxygens (including phenoxy) is 2. The van der Waals surface area contributed by atoms with Crippen LogP contribution in [0, 0.1) is 5.82 Å². The van der Waals surface area contributed by atoms with Crippen molar-refractivity contribution >= 4 is 11.0 Å². The van der Waals surface area contributed by atoms with Crippen LogP contribution in [0.3, 0.4) is 0 Å². The van der Waals surface area contributed by atoms with Gasteiger partial charge < -0.3 is 19.7 Å². The first kappa shape index (κ1) is 22.3. The van der Waals surface area contributed by atoms with Crippen molar-refractivity contribution in [3.63, 3.8) is 0 Å². The van der Waals surface area contributed by atoms with Gasteiger partial charge in [-0.3, -0.25) is 0 Å². The molecular weight excluding hydrogens is 434 g/mol. The van der Waals surface area contributed by atoms with Gasteiger partial charge in [0.1, 0.15) is 48.3 Å². The normalized spacial score (nSPS) is 11.7. The van der Waals surface area contributed by atoms with Gasteiger partial charge in [-0.1, -0.05) is 30.3 Å². The first-order valence-electron chi connectivity index (χ1n) is 9.99. The molecule has 0 radical (unpaired) electrons. The third kappa shape index (κ3) is 5.13. The predicted molar refractivity (Wildman–Crippen MR) is 115 cm³/mol. The molecule has 33 heavy (non-hydrogen) atoms. The standard InChI is InChI=1S/C23H20F2N4O4/c24-16-6-7-19(20(10-16)32-14-17(25)8-9-30)29-22-18(11-26-29)23(28-21(12-31)27-22)33-13-15-4-2-1-3-5-15/h1-8,10-11,30-31H,9,12-14H2/b17-8-. The number of benzene rings is 2. The topological polar surface area (TPSA) is 103 Å². The van der Waals surface area contributed by atoms with Crippen LogP contribution in [0.25, 0.3) is 16.7 Å². The summed E-state index contributed by atoms with van der Waals surface area (Å²) in [6, 6.07) is 13.2. The third-order valence-corrected chi connectivity index (χ3v) is 4.63. The van der Waals surface area contributed by atoms with Crippen LogP contribution in [0.1, 0.15) is 11.4 Å². The average molecular weight is 454 g/mol. The maximum Gasteiger partial charge on any atom is 0.228 e. The van der Waals surface area contributed by atoms with E-state index in [0.717, 1.165) is 17.7 Å². The fraction of sp³-hybridized carbons (Fsp3) is 0.174. The number of aliphatic hydroxyl groups excluding tert-OH is 2. The zero-order valence-corrected chi connectivity index (χ0v) is 17.4. The molecule has 170 valence electrons. The number of fused-ring (bicyclic) bond motifs is 1. The van der Waals surface area contributed by atoms with Crippen molar-refractivity contribution in [1.29, 1.82) is 0 Å². The second kappa shape index (κ2) is 10.2.